The molecule has 2 aliphatic heterocycles. The number of rotatable bonds is 2. The molecule has 0 aromatic carbocycles. The molecule has 0 spiro atoms. The summed E-state index contributed by atoms with van der Waals surface area (Å²) in [5, 5.41) is 0. The number of allylic oxidation sites excluding steroid dienone is 1. The highest BCUT2D eigenvalue weighted by Gasteiger charge is 2.37. The standard InChI is InChI=1S/C16H27B/c1-2-6-14(7-3-1)12-13-17-15-8-4-9-16(17)11-5-10-15/h12-16H,1-11H2/b13-12+. The summed E-state index contributed by atoms with van der Waals surface area (Å²) in [5.41, 5.74) is 0. The zero-order valence-corrected chi connectivity index (χ0v) is 11.2. The number of hydrogen-bond donors (Lipinski definition) is 0. The zero-order valence-electron chi connectivity index (χ0n) is 11.2. The maximum absolute atomic E-state index is 2.67. The molecule has 1 heteroatoms. The molecule has 1 saturated carbocycles. The summed E-state index contributed by atoms with van der Waals surface area (Å²) in [5.74, 6) is 5.72. The van der Waals surface area contributed by atoms with E-state index >= 15 is 0 Å². The van der Waals surface area contributed by atoms with Gasteiger partial charge in [-0.25, -0.2) is 0 Å². The lowest BCUT2D eigenvalue weighted by molar-refractivity contribution is 0.418. The average molecular weight is 230 g/mol. The molecule has 3 rings (SSSR count). The summed E-state index contributed by atoms with van der Waals surface area (Å²) >= 11 is 0. The first-order valence-electron chi connectivity index (χ1n) is 8.12. The van der Waals surface area contributed by atoms with E-state index < -0.39 is 0 Å². The van der Waals surface area contributed by atoms with Crippen molar-refractivity contribution in [3.63, 3.8) is 0 Å². The molecule has 3 aliphatic rings. The maximum Gasteiger partial charge on any atom is 0.172 e. The van der Waals surface area contributed by atoms with E-state index in [0.717, 1.165) is 24.3 Å². The van der Waals surface area contributed by atoms with Gasteiger partial charge in [-0.3, -0.25) is 0 Å². The molecule has 2 saturated heterocycles. The molecule has 3 fully saturated rings. The second-order valence-corrected chi connectivity index (χ2v) is 6.74. The first kappa shape index (κ1) is 11.9. The Kier molecular flexibility index (Phi) is 3.93. The van der Waals surface area contributed by atoms with E-state index in [0.29, 0.717) is 0 Å². The van der Waals surface area contributed by atoms with Gasteiger partial charge in [0.05, 0.1) is 0 Å². The van der Waals surface area contributed by atoms with Crippen molar-refractivity contribution in [1.82, 2.24) is 0 Å². The van der Waals surface area contributed by atoms with E-state index in [1.807, 2.05) is 0 Å². The molecule has 0 atom stereocenters. The summed E-state index contributed by atoms with van der Waals surface area (Å²) in [4.78, 5) is 0. The van der Waals surface area contributed by atoms with Crippen LogP contribution in [0.2, 0.25) is 11.6 Å². The van der Waals surface area contributed by atoms with E-state index in [-0.39, 0.29) is 0 Å². The fourth-order valence-corrected chi connectivity index (χ4v) is 4.65. The summed E-state index contributed by atoms with van der Waals surface area (Å²) in [6.07, 6.45) is 19.1. The minimum Gasteiger partial charge on any atom is -0.118 e. The van der Waals surface area contributed by atoms with Crippen molar-refractivity contribution in [1.29, 1.82) is 0 Å². The molecule has 0 aromatic rings. The fourth-order valence-electron chi connectivity index (χ4n) is 4.65. The Labute approximate surface area is 107 Å². The second-order valence-electron chi connectivity index (χ2n) is 6.74. The first-order valence-corrected chi connectivity index (χ1v) is 8.12. The van der Waals surface area contributed by atoms with E-state index in [2.05, 4.69) is 12.1 Å². The van der Waals surface area contributed by atoms with Crippen LogP contribution in [0, 0.1) is 5.92 Å². The second kappa shape index (κ2) is 5.63. The van der Waals surface area contributed by atoms with Crippen molar-refractivity contribution in [2.45, 2.75) is 82.3 Å². The van der Waals surface area contributed by atoms with Crippen LogP contribution in [-0.4, -0.2) is 6.71 Å². The van der Waals surface area contributed by atoms with Crippen LogP contribution in [0.25, 0.3) is 0 Å². The molecule has 0 N–H and O–H groups in total. The van der Waals surface area contributed by atoms with Crippen LogP contribution >= 0.6 is 0 Å². The van der Waals surface area contributed by atoms with E-state index in [9.17, 15) is 0 Å². The quantitative estimate of drug-likeness (QED) is 0.567. The predicted molar refractivity (Wildman–Crippen MR) is 76.7 cm³/mol. The van der Waals surface area contributed by atoms with E-state index in [1.165, 1.54) is 70.6 Å². The van der Waals surface area contributed by atoms with Crippen LogP contribution in [0.4, 0.5) is 0 Å². The third-order valence-corrected chi connectivity index (χ3v) is 5.64. The third kappa shape index (κ3) is 2.80. The van der Waals surface area contributed by atoms with Gasteiger partial charge in [-0.15, -0.1) is 5.98 Å². The van der Waals surface area contributed by atoms with Crippen LogP contribution in [-0.2, 0) is 0 Å². The molecular formula is C16H27B. The normalized spacial score (nSPS) is 35.4. The van der Waals surface area contributed by atoms with Gasteiger partial charge in [0.15, 0.2) is 6.71 Å². The molecule has 0 nitrogen and oxygen atoms in total. The zero-order chi connectivity index (χ0) is 11.5. The van der Waals surface area contributed by atoms with Gasteiger partial charge in [0.1, 0.15) is 0 Å². The van der Waals surface area contributed by atoms with E-state index in [1.54, 1.807) is 0 Å². The van der Waals surface area contributed by atoms with Crippen molar-refractivity contribution >= 4 is 6.71 Å². The van der Waals surface area contributed by atoms with Gasteiger partial charge < -0.3 is 0 Å². The fraction of sp³-hybridized carbons (Fsp3) is 0.875. The van der Waals surface area contributed by atoms with E-state index in [4.69, 9.17) is 0 Å². The minimum absolute atomic E-state index is 0.936. The van der Waals surface area contributed by atoms with Gasteiger partial charge in [-0.05, 0) is 18.8 Å². The van der Waals surface area contributed by atoms with Crippen LogP contribution in [0.15, 0.2) is 12.1 Å². The lowest BCUT2D eigenvalue weighted by atomic mass is 9.27. The monoisotopic (exact) mass is 230 g/mol. The van der Waals surface area contributed by atoms with Crippen LogP contribution in [0.5, 0.6) is 0 Å². The Morgan fingerprint density at radius 3 is 1.82 bits per heavy atom. The Morgan fingerprint density at radius 1 is 0.647 bits per heavy atom. The van der Waals surface area contributed by atoms with Crippen molar-refractivity contribution in [3.8, 4) is 0 Å². The van der Waals surface area contributed by atoms with Gasteiger partial charge in [0.25, 0.3) is 0 Å². The first-order chi connectivity index (χ1) is 8.43. The molecule has 1 aliphatic carbocycles. The largest absolute Gasteiger partial charge is 0.172 e. The van der Waals surface area contributed by atoms with Gasteiger partial charge in [0.2, 0.25) is 0 Å². The van der Waals surface area contributed by atoms with Gasteiger partial charge in [0, 0.05) is 0 Å². The Morgan fingerprint density at radius 2 is 1.24 bits per heavy atom. The Hall–Kier alpha value is -0.195. The van der Waals surface area contributed by atoms with Gasteiger partial charge >= 0.3 is 0 Å². The lowest BCUT2D eigenvalue weighted by Crippen LogP contribution is -2.33. The summed E-state index contributed by atoms with van der Waals surface area (Å²) < 4.78 is 0. The maximum atomic E-state index is 2.67. The SMILES string of the molecule is C(=C\C1CCCCC1)/B1C2CCCC1CCC2. The van der Waals surface area contributed by atoms with Crippen LogP contribution < -0.4 is 0 Å². The van der Waals surface area contributed by atoms with Crippen molar-refractivity contribution in [3.05, 3.63) is 12.1 Å². The van der Waals surface area contributed by atoms with Gasteiger partial charge in [-0.2, -0.15) is 0 Å². The molecule has 17 heavy (non-hydrogen) atoms. The molecule has 0 radical (unpaired) electrons. The Bertz CT molecular complexity index is 243. The third-order valence-electron chi connectivity index (χ3n) is 5.64. The number of hydrogen-bond acceptors (Lipinski definition) is 0. The van der Waals surface area contributed by atoms with Crippen molar-refractivity contribution < 1.29 is 0 Å². The molecule has 0 unspecified atom stereocenters. The summed E-state index contributed by atoms with van der Waals surface area (Å²) in [6, 6.07) is 0. The Balaban J connectivity index is 1.60. The number of fused-ring (bicyclic) bond motifs is 2. The van der Waals surface area contributed by atoms with Crippen molar-refractivity contribution in [2.24, 2.45) is 5.92 Å². The molecule has 0 aromatic heterocycles. The predicted octanol–water partition coefficient (Wildman–Crippen LogP) is 5.27. The molecule has 2 bridgehead atoms. The highest BCUT2D eigenvalue weighted by atomic mass is 14.2. The highest BCUT2D eigenvalue weighted by molar-refractivity contribution is 6.67. The van der Waals surface area contributed by atoms with Crippen molar-refractivity contribution in [2.75, 3.05) is 0 Å². The molecule has 0 amide bonds. The highest BCUT2D eigenvalue weighted by Crippen LogP contribution is 2.46. The molecule has 94 valence electrons. The van der Waals surface area contributed by atoms with Crippen LogP contribution in [0.3, 0.4) is 0 Å². The summed E-state index contributed by atoms with van der Waals surface area (Å²) in [6.45, 7) is 0.972. The minimum atomic E-state index is 0.936. The smallest absolute Gasteiger partial charge is 0.118 e. The average Bonchev–Trinajstić information content (AvgIpc) is 2.37. The van der Waals surface area contributed by atoms with Gasteiger partial charge in [-0.1, -0.05) is 75.5 Å². The summed E-state index contributed by atoms with van der Waals surface area (Å²) in [7, 11) is 0. The van der Waals surface area contributed by atoms with Crippen LogP contribution in [0.1, 0.15) is 70.6 Å². The molecular weight excluding hydrogens is 203 g/mol. The topological polar surface area (TPSA) is 0 Å². The molecule has 2 heterocycles. The lowest BCUT2D eigenvalue weighted by Gasteiger charge is -2.39.